The number of rotatable bonds is 0. The van der Waals surface area contributed by atoms with Crippen molar-refractivity contribution < 1.29 is 14.6 Å². The summed E-state index contributed by atoms with van der Waals surface area (Å²) in [6, 6.07) is 0. The minimum atomic E-state index is -0.758. The van der Waals surface area contributed by atoms with Crippen LogP contribution in [0, 0.1) is 10.8 Å². The number of carbonyl (C=O) groups is 1. The summed E-state index contributed by atoms with van der Waals surface area (Å²) < 4.78 is 6.04. The van der Waals surface area contributed by atoms with Gasteiger partial charge < -0.3 is 9.84 Å². The zero-order chi connectivity index (χ0) is 12.9. The highest BCUT2D eigenvalue weighted by molar-refractivity contribution is 6.12. The molecule has 0 amide bonds. The SMILES string of the molecule is CC1=C2CC[C@]2(C)[C@]23OC[C@](C)(C=C2C1=O)[C@@H]3O. The molecule has 4 atom stereocenters. The summed E-state index contributed by atoms with van der Waals surface area (Å²) in [7, 11) is 0. The molecule has 1 heterocycles. The van der Waals surface area contributed by atoms with E-state index in [0.717, 1.165) is 18.4 Å². The molecule has 1 N–H and O–H groups in total. The number of ether oxygens (including phenoxy) is 1. The molecule has 0 radical (unpaired) electrons. The van der Waals surface area contributed by atoms with Crippen molar-refractivity contribution in [2.75, 3.05) is 6.61 Å². The summed E-state index contributed by atoms with van der Waals surface area (Å²) in [5.74, 6) is 0.0876. The van der Waals surface area contributed by atoms with E-state index in [1.165, 1.54) is 5.57 Å². The van der Waals surface area contributed by atoms with E-state index in [0.29, 0.717) is 12.2 Å². The highest BCUT2D eigenvalue weighted by Crippen LogP contribution is 2.69. The minimum Gasteiger partial charge on any atom is -0.389 e. The van der Waals surface area contributed by atoms with Gasteiger partial charge in [-0.3, -0.25) is 4.79 Å². The number of carbonyl (C=O) groups excluding carboxylic acids is 1. The minimum absolute atomic E-state index is 0.0876. The van der Waals surface area contributed by atoms with Crippen LogP contribution >= 0.6 is 0 Å². The van der Waals surface area contributed by atoms with Gasteiger partial charge in [-0.1, -0.05) is 25.5 Å². The molecule has 3 heteroatoms. The van der Waals surface area contributed by atoms with E-state index in [-0.39, 0.29) is 16.6 Å². The first kappa shape index (κ1) is 10.9. The lowest BCUT2D eigenvalue weighted by atomic mass is 9.49. The number of allylic oxidation sites excluding steroid dienone is 1. The van der Waals surface area contributed by atoms with Gasteiger partial charge in [0.25, 0.3) is 0 Å². The second-order valence-electron chi connectivity index (χ2n) is 6.76. The molecule has 3 nitrogen and oxygen atoms in total. The number of Topliss-reactive ketones (excluding diaryl/α,β-unsaturated/α-hetero) is 1. The van der Waals surface area contributed by atoms with Gasteiger partial charge in [-0.2, -0.15) is 0 Å². The van der Waals surface area contributed by atoms with Gasteiger partial charge in [0, 0.05) is 16.4 Å². The fourth-order valence-corrected chi connectivity index (χ4v) is 4.64. The number of hydrogen-bond donors (Lipinski definition) is 1. The van der Waals surface area contributed by atoms with Gasteiger partial charge >= 0.3 is 0 Å². The van der Waals surface area contributed by atoms with Crippen LogP contribution in [0.3, 0.4) is 0 Å². The molecule has 0 aromatic carbocycles. The van der Waals surface area contributed by atoms with E-state index in [9.17, 15) is 9.90 Å². The molecule has 3 aliphatic carbocycles. The maximum absolute atomic E-state index is 12.5. The van der Waals surface area contributed by atoms with Crippen molar-refractivity contribution in [2.45, 2.75) is 45.3 Å². The summed E-state index contributed by atoms with van der Waals surface area (Å²) in [5, 5.41) is 10.7. The Morgan fingerprint density at radius 3 is 2.72 bits per heavy atom. The smallest absolute Gasteiger partial charge is 0.187 e. The third kappa shape index (κ3) is 0.774. The van der Waals surface area contributed by atoms with Crippen molar-refractivity contribution in [3.05, 3.63) is 22.8 Å². The summed E-state index contributed by atoms with van der Waals surface area (Å²) in [6.07, 6.45) is 3.36. The van der Waals surface area contributed by atoms with E-state index in [1.54, 1.807) is 0 Å². The first-order chi connectivity index (χ1) is 8.37. The number of hydrogen-bond acceptors (Lipinski definition) is 3. The largest absolute Gasteiger partial charge is 0.389 e. The average molecular weight is 246 g/mol. The average Bonchev–Trinajstić information content (AvgIpc) is 2.70. The Balaban J connectivity index is 2.04. The number of aliphatic hydroxyl groups excluding tert-OH is 1. The first-order valence-corrected chi connectivity index (χ1v) is 6.67. The Labute approximate surface area is 107 Å². The Morgan fingerprint density at radius 2 is 2.17 bits per heavy atom. The van der Waals surface area contributed by atoms with Crippen molar-refractivity contribution >= 4 is 5.78 Å². The van der Waals surface area contributed by atoms with Gasteiger partial charge in [-0.15, -0.1) is 0 Å². The standard InChI is InChI=1S/C15H18O3/c1-8-9-4-5-14(9,3)15-10(11(8)16)6-13(2,7-18-15)12(15)17/h6,12,17H,4-5,7H2,1-3H3/t12-,13-,14-,15-/m0/s1. The quantitative estimate of drug-likeness (QED) is 0.708. The highest BCUT2D eigenvalue weighted by atomic mass is 16.5. The molecule has 1 saturated carbocycles. The Morgan fingerprint density at radius 1 is 1.44 bits per heavy atom. The molecular weight excluding hydrogens is 228 g/mol. The van der Waals surface area contributed by atoms with Crippen molar-refractivity contribution in [1.29, 1.82) is 0 Å². The van der Waals surface area contributed by atoms with Crippen molar-refractivity contribution in [1.82, 2.24) is 0 Å². The third-order valence-corrected chi connectivity index (χ3v) is 5.89. The van der Waals surface area contributed by atoms with Gasteiger partial charge in [0.05, 0.1) is 12.7 Å². The molecule has 4 rings (SSSR count). The van der Waals surface area contributed by atoms with Crippen molar-refractivity contribution in [3.63, 3.8) is 0 Å². The van der Waals surface area contributed by atoms with Crippen molar-refractivity contribution in [2.24, 2.45) is 10.8 Å². The molecule has 1 aliphatic heterocycles. The van der Waals surface area contributed by atoms with Crippen LogP contribution in [0.25, 0.3) is 0 Å². The molecule has 2 bridgehead atoms. The molecule has 96 valence electrons. The summed E-state index contributed by atoms with van der Waals surface area (Å²) in [4.78, 5) is 12.5. The predicted octanol–water partition coefficient (Wildman–Crippen LogP) is 1.76. The predicted molar refractivity (Wildman–Crippen MR) is 65.9 cm³/mol. The van der Waals surface area contributed by atoms with Crippen LogP contribution in [0.2, 0.25) is 0 Å². The second kappa shape index (κ2) is 2.66. The number of ketones is 1. The molecule has 0 aromatic heterocycles. The van der Waals surface area contributed by atoms with Gasteiger partial charge in [0.15, 0.2) is 5.78 Å². The second-order valence-corrected chi connectivity index (χ2v) is 6.76. The lowest BCUT2D eigenvalue weighted by Crippen LogP contribution is -2.62. The maximum Gasteiger partial charge on any atom is 0.187 e. The maximum atomic E-state index is 12.5. The lowest BCUT2D eigenvalue weighted by molar-refractivity contribution is -0.138. The lowest BCUT2D eigenvalue weighted by Gasteiger charge is -2.57. The van der Waals surface area contributed by atoms with Gasteiger partial charge in [0.2, 0.25) is 0 Å². The van der Waals surface area contributed by atoms with Crippen LogP contribution in [-0.4, -0.2) is 29.2 Å². The monoisotopic (exact) mass is 246 g/mol. The van der Waals surface area contributed by atoms with Crippen LogP contribution in [0.15, 0.2) is 22.8 Å². The molecule has 0 aromatic rings. The topological polar surface area (TPSA) is 46.5 Å². The molecule has 18 heavy (non-hydrogen) atoms. The molecule has 1 spiro atoms. The molecule has 4 aliphatic rings. The third-order valence-electron chi connectivity index (χ3n) is 5.89. The summed E-state index contributed by atoms with van der Waals surface area (Å²) >= 11 is 0. The Kier molecular flexibility index (Phi) is 1.61. The van der Waals surface area contributed by atoms with Gasteiger partial charge in [0.1, 0.15) is 5.60 Å². The molecule has 2 fully saturated rings. The Bertz CT molecular complexity index is 558. The summed E-state index contributed by atoms with van der Waals surface area (Å²) in [5.41, 5.74) is 1.48. The van der Waals surface area contributed by atoms with Gasteiger partial charge in [-0.25, -0.2) is 0 Å². The molecular formula is C15H18O3. The number of fused-ring (bicyclic) bond motifs is 2. The number of aliphatic hydroxyl groups is 1. The van der Waals surface area contributed by atoms with Crippen molar-refractivity contribution in [3.8, 4) is 0 Å². The van der Waals surface area contributed by atoms with E-state index in [2.05, 4.69) is 6.92 Å². The highest BCUT2D eigenvalue weighted by Gasteiger charge is 2.74. The summed E-state index contributed by atoms with van der Waals surface area (Å²) in [6.45, 7) is 6.58. The van der Waals surface area contributed by atoms with Crippen LogP contribution in [0.4, 0.5) is 0 Å². The van der Waals surface area contributed by atoms with Crippen LogP contribution in [0.5, 0.6) is 0 Å². The van der Waals surface area contributed by atoms with Crippen LogP contribution in [0.1, 0.15) is 33.6 Å². The van der Waals surface area contributed by atoms with Crippen LogP contribution in [-0.2, 0) is 9.53 Å². The molecule has 1 saturated heterocycles. The first-order valence-electron chi connectivity index (χ1n) is 6.67. The van der Waals surface area contributed by atoms with E-state index >= 15 is 0 Å². The van der Waals surface area contributed by atoms with Crippen LogP contribution < -0.4 is 0 Å². The zero-order valence-electron chi connectivity index (χ0n) is 11.0. The van der Waals surface area contributed by atoms with E-state index in [4.69, 9.17) is 4.74 Å². The van der Waals surface area contributed by atoms with E-state index in [1.807, 2.05) is 19.9 Å². The normalized spacial score (nSPS) is 53.0. The zero-order valence-corrected chi connectivity index (χ0v) is 11.0. The van der Waals surface area contributed by atoms with Gasteiger partial charge in [-0.05, 0) is 25.3 Å². The Hall–Kier alpha value is -0.930. The fraction of sp³-hybridized carbons (Fsp3) is 0.667. The van der Waals surface area contributed by atoms with E-state index < -0.39 is 11.7 Å². The molecule has 0 unspecified atom stereocenters. The fourth-order valence-electron chi connectivity index (χ4n) is 4.64.